The molecule has 0 unspecified atom stereocenters. The van der Waals surface area contributed by atoms with E-state index >= 15 is 0 Å². The van der Waals surface area contributed by atoms with Crippen LogP contribution in [-0.2, 0) is 16.0 Å². The monoisotopic (exact) mass is 330 g/mol. The fraction of sp³-hybridized carbons (Fsp3) is 0.222. The van der Waals surface area contributed by atoms with E-state index in [9.17, 15) is 9.59 Å². The maximum Gasteiger partial charge on any atom is 0.233 e. The average molecular weight is 331 g/mol. The van der Waals surface area contributed by atoms with Crippen molar-refractivity contribution >= 4 is 29.1 Å². The first kappa shape index (κ1) is 17.0. The molecule has 0 atom stereocenters. The number of rotatable bonds is 6. The largest absolute Gasteiger partial charge is 0.355 e. The van der Waals surface area contributed by atoms with Gasteiger partial charge < -0.3 is 10.6 Å². The van der Waals surface area contributed by atoms with Gasteiger partial charge in [-0.2, -0.15) is 0 Å². The molecule has 2 aromatic rings. The molecule has 0 aliphatic heterocycles. The molecule has 0 aliphatic carbocycles. The number of hydrogen-bond donors (Lipinski definition) is 2. The third-order valence-corrected chi connectivity index (χ3v) is 3.52. The van der Waals surface area contributed by atoms with E-state index in [0.717, 1.165) is 11.1 Å². The van der Waals surface area contributed by atoms with Crippen LogP contribution in [0.25, 0.3) is 0 Å². The fourth-order valence-corrected chi connectivity index (χ4v) is 2.26. The summed E-state index contributed by atoms with van der Waals surface area (Å²) >= 11 is 5.82. The predicted octanol–water partition coefficient (Wildman–Crippen LogP) is 3.34. The first-order valence-electron chi connectivity index (χ1n) is 7.40. The Kier molecular flexibility index (Phi) is 6.18. The van der Waals surface area contributed by atoms with E-state index in [4.69, 9.17) is 11.6 Å². The van der Waals surface area contributed by atoms with Crippen LogP contribution in [-0.4, -0.2) is 18.4 Å². The Hall–Kier alpha value is -2.33. The van der Waals surface area contributed by atoms with Crippen molar-refractivity contribution in [1.29, 1.82) is 0 Å². The minimum atomic E-state index is -0.320. The van der Waals surface area contributed by atoms with Gasteiger partial charge in [0.15, 0.2) is 0 Å². The molecule has 0 spiro atoms. The fourth-order valence-electron chi connectivity index (χ4n) is 2.13. The summed E-state index contributed by atoms with van der Waals surface area (Å²) in [4.78, 5) is 23.6. The normalized spacial score (nSPS) is 10.2. The number of benzene rings is 2. The van der Waals surface area contributed by atoms with Crippen molar-refractivity contribution in [1.82, 2.24) is 5.32 Å². The molecule has 0 aliphatic rings. The molecule has 2 rings (SSSR count). The van der Waals surface area contributed by atoms with E-state index in [0.29, 0.717) is 23.7 Å². The number of carbonyl (C=O) groups is 2. The molecule has 0 radical (unpaired) electrons. The highest BCUT2D eigenvalue weighted by Crippen LogP contribution is 2.10. The smallest absolute Gasteiger partial charge is 0.233 e. The first-order chi connectivity index (χ1) is 11.0. The number of anilines is 1. The van der Waals surface area contributed by atoms with E-state index < -0.39 is 0 Å². The number of nitrogens with one attached hydrogen (secondary N) is 2. The lowest BCUT2D eigenvalue weighted by Crippen LogP contribution is -2.29. The van der Waals surface area contributed by atoms with Crippen molar-refractivity contribution in [2.45, 2.75) is 19.8 Å². The van der Waals surface area contributed by atoms with Crippen molar-refractivity contribution in [3.63, 3.8) is 0 Å². The lowest BCUT2D eigenvalue weighted by atomic mass is 10.1. The van der Waals surface area contributed by atoms with E-state index in [1.165, 1.54) is 0 Å². The lowest BCUT2D eigenvalue weighted by molar-refractivity contribution is -0.126. The van der Waals surface area contributed by atoms with Gasteiger partial charge in [-0.25, -0.2) is 0 Å². The molecule has 120 valence electrons. The van der Waals surface area contributed by atoms with Crippen LogP contribution in [0.1, 0.15) is 17.5 Å². The van der Waals surface area contributed by atoms with Gasteiger partial charge in [0.1, 0.15) is 6.42 Å². The van der Waals surface area contributed by atoms with Crippen molar-refractivity contribution in [3.05, 3.63) is 64.7 Å². The van der Waals surface area contributed by atoms with Crippen LogP contribution in [0, 0.1) is 6.92 Å². The second-order valence-corrected chi connectivity index (χ2v) is 5.76. The SMILES string of the molecule is Cc1cccc(NC(=O)CC(=O)NCCc2ccc(Cl)cc2)c1. The summed E-state index contributed by atoms with van der Waals surface area (Å²) in [5, 5.41) is 6.14. The molecular formula is C18H19ClN2O2. The molecule has 2 N–H and O–H groups in total. The summed E-state index contributed by atoms with van der Waals surface area (Å²) in [6, 6.07) is 14.9. The lowest BCUT2D eigenvalue weighted by Gasteiger charge is -2.07. The van der Waals surface area contributed by atoms with Gasteiger partial charge in [-0.3, -0.25) is 9.59 Å². The second-order valence-electron chi connectivity index (χ2n) is 5.32. The van der Waals surface area contributed by atoms with Gasteiger partial charge in [0, 0.05) is 17.3 Å². The minimum absolute atomic E-state index is 0.186. The molecule has 4 nitrogen and oxygen atoms in total. The molecular weight excluding hydrogens is 312 g/mol. The molecule has 23 heavy (non-hydrogen) atoms. The number of amides is 2. The Morgan fingerprint density at radius 2 is 1.78 bits per heavy atom. The molecule has 0 heterocycles. The van der Waals surface area contributed by atoms with Crippen LogP contribution < -0.4 is 10.6 Å². The Balaban J connectivity index is 1.71. The van der Waals surface area contributed by atoms with E-state index in [1.54, 1.807) is 6.07 Å². The van der Waals surface area contributed by atoms with Crippen molar-refractivity contribution < 1.29 is 9.59 Å². The molecule has 0 bridgehead atoms. The summed E-state index contributed by atoms with van der Waals surface area (Å²) < 4.78 is 0. The van der Waals surface area contributed by atoms with Crippen molar-refractivity contribution in [2.75, 3.05) is 11.9 Å². The molecule has 5 heteroatoms. The number of halogens is 1. The number of hydrogen-bond acceptors (Lipinski definition) is 2. The summed E-state index contributed by atoms with van der Waals surface area (Å²) in [7, 11) is 0. The Morgan fingerprint density at radius 3 is 2.48 bits per heavy atom. The van der Waals surface area contributed by atoms with Crippen LogP contribution in [0.3, 0.4) is 0 Å². The van der Waals surface area contributed by atoms with E-state index in [-0.39, 0.29) is 18.2 Å². The average Bonchev–Trinajstić information content (AvgIpc) is 2.49. The van der Waals surface area contributed by atoms with Gasteiger partial charge in [-0.1, -0.05) is 35.9 Å². The summed E-state index contributed by atoms with van der Waals surface area (Å²) in [6.45, 7) is 2.43. The maximum absolute atomic E-state index is 11.8. The molecule has 0 saturated heterocycles. The molecule has 0 fully saturated rings. The number of aryl methyl sites for hydroxylation is 1. The standard InChI is InChI=1S/C18H19ClN2O2/c1-13-3-2-4-16(11-13)21-18(23)12-17(22)20-10-9-14-5-7-15(19)8-6-14/h2-8,11H,9-10,12H2,1H3,(H,20,22)(H,21,23). The quantitative estimate of drug-likeness (QED) is 0.798. The third kappa shape index (κ3) is 6.12. The van der Waals surface area contributed by atoms with Crippen LogP contribution in [0.2, 0.25) is 5.02 Å². The zero-order valence-corrected chi connectivity index (χ0v) is 13.7. The topological polar surface area (TPSA) is 58.2 Å². The second kappa shape index (κ2) is 8.34. The molecule has 2 aromatic carbocycles. The van der Waals surface area contributed by atoms with Gasteiger partial charge >= 0.3 is 0 Å². The molecule has 0 aromatic heterocycles. The summed E-state index contributed by atoms with van der Waals surface area (Å²) in [5.74, 6) is -0.608. The van der Waals surface area contributed by atoms with Gasteiger partial charge in [0.25, 0.3) is 0 Å². The first-order valence-corrected chi connectivity index (χ1v) is 7.78. The maximum atomic E-state index is 11.8. The predicted molar refractivity (Wildman–Crippen MR) is 92.6 cm³/mol. The highest BCUT2D eigenvalue weighted by molar-refractivity contribution is 6.30. The minimum Gasteiger partial charge on any atom is -0.355 e. The van der Waals surface area contributed by atoms with Crippen molar-refractivity contribution in [3.8, 4) is 0 Å². The van der Waals surface area contributed by atoms with Gasteiger partial charge in [0.05, 0.1) is 0 Å². The van der Waals surface area contributed by atoms with Crippen molar-refractivity contribution in [2.24, 2.45) is 0 Å². The van der Waals surface area contributed by atoms with E-state index in [1.807, 2.05) is 49.4 Å². The Labute approximate surface area is 140 Å². The highest BCUT2D eigenvalue weighted by Gasteiger charge is 2.09. The van der Waals surface area contributed by atoms with Crippen LogP contribution in [0.4, 0.5) is 5.69 Å². The van der Waals surface area contributed by atoms with Gasteiger partial charge in [-0.15, -0.1) is 0 Å². The van der Waals surface area contributed by atoms with Crippen LogP contribution in [0.15, 0.2) is 48.5 Å². The Bertz CT molecular complexity index is 684. The highest BCUT2D eigenvalue weighted by atomic mass is 35.5. The summed E-state index contributed by atoms with van der Waals surface area (Å²) in [6.07, 6.45) is 0.511. The number of carbonyl (C=O) groups excluding carboxylic acids is 2. The molecule has 0 saturated carbocycles. The van der Waals surface area contributed by atoms with Gasteiger partial charge in [0.2, 0.25) is 11.8 Å². The molecule has 2 amide bonds. The van der Waals surface area contributed by atoms with Gasteiger partial charge in [-0.05, 0) is 48.7 Å². The van der Waals surface area contributed by atoms with E-state index in [2.05, 4.69) is 10.6 Å². The Morgan fingerprint density at radius 1 is 1.04 bits per heavy atom. The van der Waals surface area contributed by atoms with Crippen LogP contribution in [0.5, 0.6) is 0 Å². The summed E-state index contributed by atoms with van der Waals surface area (Å²) in [5.41, 5.74) is 2.83. The third-order valence-electron chi connectivity index (χ3n) is 3.27. The zero-order valence-electron chi connectivity index (χ0n) is 12.9. The zero-order chi connectivity index (χ0) is 16.7. The van der Waals surface area contributed by atoms with Crippen LogP contribution >= 0.6 is 11.6 Å².